The minimum Gasteiger partial charge on any atom is -0.456 e. The fourth-order valence-corrected chi connectivity index (χ4v) is 6.61. The summed E-state index contributed by atoms with van der Waals surface area (Å²) in [4.78, 5) is 15.0. The van der Waals surface area contributed by atoms with E-state index >= 15 is 0 Å². The Morgan fingerprint density at radius 1 is 0.511 bits per heavy atom. The van der Waals surface area contributed by atoms with Gasteiger partial charge >= 0.3 is 0 Å². The highest BCUT2D eigenvalue weighted by Crippen LogP contribution is 2.32. The van der Waals surface area contributed by atoms with E-state index in [1.807, 2.05) is 0 Å². The van der Waals surface area contributed by atoms with Gasteiger partial charge in [-0.1, -0.05) is 103 Å². The lowest BCUT2D eigenvalue weighted by Gasteiger charge is -2.12. The highest BCUT2D eigenvalue weighted by Gasteiger charge is 2.16. The zero-order valence-electron chi connectivity index (χ0n) is 24.7. The number of aromatic nitrogens is 3. The van der Waals surface area contributed by atoms with Gasteiger partial charge in [-0.3, -0.25) is 0 Å². The molecule has 0 spiro atoms. The fraction of sp³-hybridized carbons (Fsp3) is 0.0976. The third kappa shape index (κ3) is 4.58. The number of nitrogens with zero attached hydrogens (tertiary/aromatic N) is 3. The highest BCUT2D eigenvalue weighted by molar-refractivity contribution is 5.97. The molecular weight excluding hydrogens is 550 g/mol. The maximum Gasteiger partial charge on any atom is 0.164 e. The first-order chi connectivity index (χ1) is 22.3. The van der Waals surface area contributed by atoms with Crippen LogP contribution < -0.4 is 10.6 Å². The van der Waals surface area contributed by atoms with Crippen molar-refractivity contribution in [3.63, 3.8) is 0 Å². The van der Waals surface area contributed by atoms with Crippen LogP contribution in [0.15, 0.2) is 120 Å². The zero-order chi connectivity index (χ0) is 29.7. The standard InChI is InChI=1S/C41H29N3O/c1-2-10-27(11-3-1)39-42-40(32-21-17-26-9-4-5-12-28(26)24-32)44-41(43-39)33-22-19-29-23-31(20-18-30(29)25-33)34-14-8-15-36-35-13-6-7-16-37(35)45-38(34)36/h2,4-5,8-25H,1,3,6-7H2. The van der Waals surface area contributed by atoms with Gasteiger partial charge in [-0.2, -0.15) is 0 Å². The smallest absolute Gasteiger partial charge is 0.164 e. The van der Waals surface area contributed by atoms with E-state index in [0.717, 1.165) is 75.3 Å². The van der Waals surface area contributed by atoms with Crippen LogP contribution in [0.5, 0.6) is 0 Å². The monoisotopic (exact) mass is 579 g/mol. The molecule has 0 saturated carbocycles. The Labute approximate surface area is 260 Å². The lowest BCUT2D eigenvalue weighted by atomic mass is 9.98. The van der Waals surface area contributed by atoms with E-state index in [9.17, 15) is 0 Å². The van der Waals surface area contributed by atoms with E-state index < -0.39 is 0 Å². The molecule has 5 aromatic carbocycles. The number of allylic oxidation sites excluding steroid dienone is 4. The van der Waals surface area contributed by atoms with E-state index in [0.29, 0.717) is 17.5 Å². The van der Waals surface area contributed by atoms with Crippen molar-refractivity contribution in [1.82, 2.24) is 15.0 Å². The van der Waals surface area contributed by atoms with E-state index in [4.69, 9.17) is 19.4 Å². The summed E-state index contributed by atoms with van der Waals surface area (Å²) in [5.74, 6) is 2.06. The topological polar surface area (TPSA) is 51.8 Å². The predicted molar refractivity (Wildman–Crippen MR) is 185 cm³/mol. The fourth-order valence-electron chi connectivity index (χ4n) is 6.61. The van der Waals surface area contributed by atoms with Gasteiger partial charge in [0.2, 0.25) is 0 Å². The van der Waals surface area contributed by atoms with Gasteiger partial charge in [0.05, 0.1) is 0 Å². The maximum absolute atomic E-state index is 6.38. The lowest BCUT2D eigenvalue weighted by Crippen LogP contribution is -2.21. The van der Waals surface area contributed by atoms with Crippen LogP contribution in [0, 0.1) is 0 Å². The van der Waals surface area contributed by atoms with Crippen LogP contribution in [0.4, 0.5) is 0 Å². The average molecular weight is 580 g/mol. The molecule has 0 amide bonds. The summed E-state index contributed by atoms with van der Waals surface area (Å²) in [7, 11) is 0. The number of hydrogen-bond donors (Lipinski definition) is 0. The quantitative estimate of drug-likeness (QED) is 0.209. The average Bonchev–Trinajstić information content (AvgIpc) is 3.50. The van der Waals surface area contributed by atoms with Gasteiger partial charge in [-0.05, 0) is 77.1 Å². The van der Waals surface area contributed by atoms with E-state index in [2.05, 4.69) is 127 Å². The number of benzene rings is 5. The van der Waals surface area contributed by atoms with Gasteiger partial charge in [0.1, 0.15) is 11.0 Å². The molecule has 4 heteroatoms. The van der Waals surface area contributed by atoms with E-state index in [-0.39, 0.29) is 0 Å². The van der Waals surface area contributed by atoms with Gasteiger partial charge < -0.3 is 4.42 Å². The molecule has 2 aromatic heterocycles. The lowest BCUT2D eigenvalue weighted by molar-refractivity contribution is 0.572. The maximum atomic E-state index is 6.38. The third-order valence-corrected chi connectivity index (χ3v) is 8.93. The van der Waals surface area contributed by atoms with E-state index in [1.165, 1.54) is 21.4 Å². The Balaban J connectivity index is 1.15. The summed E-state index contributed by atoms with van der Waals surface area (Å²) in [5, 5.41) is 7.06. The van der Waals surface area contributed by atoms with Crippen molar-refractivity contribution in [3.05, 3.63) is 132 Å². The van der Waals surface area contributed by atoms with Crippen molar-refractivity contribution in [2.75, 3.05) is 0 Å². The van der Waals surface area contributed by atoms with Gasteiger partial charge in [-0.25, -0.2) is 15.0 Å². The Kier molecular flexibility index (Phi) is 6.05. The second-order valence-corrected chi connectivity index (χ2v) is 11.8. The molecule has 0 N–H and O–H groups in total. The van der Waals surface area contributed by atoms with Crippen molar-refractivity contribution < 1.29 is 4.42 Å². The summed E-state index contributed by atoms with van der Waals surface area (Å²) < 4.78 is 6.38. The van der Waals surface area contributed by atoms with Crippen molar-refractivity contribution in [2.45, 2.75) is 25.7 Å². The number of rotatable bonds is 4. The molecule has 2 aliphatic rings. The molecule has 0 aliphatic heterocycles. The number of hydrogen-bond acceptors (Lipinski definition) is 4. The predicted octanol–water partition coefficient (Wildman–Crippen LogP) is 9.01. The van der Waals surface area contributed by atoms with Crippen LogP contribution in [-0.2, 0) is 0 Å². The Morgan fingerprint density at radius 3 is 1.93 bits per heavy atom. The molecule has 2 heterocycles. The van der Waals surface area contributed by atoms with E-state index in [1.54, 1.807) is 0 Å². The number of fused-ring (bicyclic) bond motifs is 5. The minimum absolute atomic E-state index is 0.674. The van der Waals surface area contributed by atoms with Crippen LogP contribution >= 0.6 is 0 Å². The second kappa shape index (κ2) is 10.5. The summed E-state index contributed by atoms with van der Waals surface area (Å²) in [6.45, 7) is 0. The molecule has 0 saturated heterocycles. The molecular formula is C41H29N3O. The first-order valence-corrected chi connectivity index (χ1v) is 15.7. The summed E-state index contributed by atoms with van der Waals surface area (Å²) in [6.07, 6.45) is 15.2. The Morgan fingerprint density at radius 2 is 1.16 bits per heavy atom. The summed E-state index contributed by atoms with van der Waals surface area (Å²) in [5.41, 5.74) is 7.20. The molecule has 0 bridgehead atoms. The minimum atomic E-state index is 0.674. The molecule has 9 rings (SSSR count). The number of furan rings is 1. The highest BCUT2D eigenvalue weighted by atomic mass is 16.3. The summed E-state index contributed by atoms with van der Waals surface area (Å²) in [6, 6.07) is 34.3. The van der Waals surface area contributed by atoms with Gasteiger partial charge in [0, 0.05) is 32.9 Å². The molecule has 0 radical (unpaired) electrons. The number of para-hydroxylation sites is 1. The van der Waals surface area contributed by atoms with Crippen LogP contribution in [0.2, 0.25) is 0 Å². The molecule has 0 atom stereocenters. The zero-order valence-corrected chi connectivity index (χ0v) is 24.7. The van der Waals surface area contributed by atoms with Gasteiger partial charge in [0.15, 0.2) is 17.5 Å². The molecule has 7 aromatic rings. The van der Waals surface area contributed by atoms with Crippen LogP contribution in [0.25, 0.3) is 84.1 Å². The molecule has 2 aliphatic carbocycles. The molecule has 0 fully saturated rings. The van der Waals surface area contributed by atoms with Crippen LogP contribution in [0.1, 0.15) is 31.5 Å². The first kappa shape index (κ1) is 25.8. The van der Waals surface area contributed by atoms with Crippen molar-refractivity contribution >= 4 is 50.2 Å². The van der Waals surface area contributed by atoms with Gasteiger partial charge in [-0.15, -0.1) is 0 Å². The van der Waals surface area contributed by atoms with Crippen LogP contribution in [-0.4, -0.2) is 15.0 Å². The van der Waals surface area contributed by atoms with Crippen molar-refractivity contribution in [1.29, 1.82) is 0 Å². The van der Waals surface area contributed by atoms with Crippen molar-refractivity contribution in [2.24, 2.45) is 0 Å². The second-order valence-electron chi connectivity index (χ2n) is 11.8. The molecule has 45 heavy (non-hydrogen) atoms. The van der Waals surface area contributed by atoms with Crippen LogP contribution in [0.3, 0.4) is 0 Å². The first-order valence-electron chi connectivity index (χ1n) is 15.7. The SMILES string of the molecule is C1=CC(c2nc(-c3ccc4ccccc4c3)nc(-c3ccc4cc(-c5cccc6c7c(oc56)=CCCC=7)ccc4c3)n2)=CCC1. The molecule has 214 valence electrons. The summed E-state index contributed by atoms with van der Waals surface area (Å²) >= 11 is 0. The Hall–Kier alpha value is -5.61. The largest absolute Gasteiger partial charge is 0.456 e. The van der Waals surface area contributed by atoms with Gasteiger partial charge in [0.25, 0.3) is 0 Å². The normalized spacial score (nSPS) is 14.3. The van der Waals surface area contributed by atoms with Crippen molar-refractivity contribution in [3.8, 4) is 33.9 Å². The molecule has 0 unspecified atom stereocenters. The molecule has 4 nitrogen and oxygen atoms in total. The Bertz CT molecular complexity index is 2500. The third-order valence-electron chi connectivity index (χ3n) is 8.93.